The molecular formula is C12H15BrFNS. The van der Waals surface area contributed by atoms with Crippen LogP contribution in [-0.2, 0) is 0 Å². The third-order valence-electron chi connectivity index (χ3n) is 3.20. The van der Waals surface area contributed by atoms with E-state index in [0.29, 0.717) is 5.56 Å². The first kappa shape index (κ1) is 12.4. The number of hydrogen-bond acceptors (Lipinski definition) is 2. The molecule has 0 aromatic heterocycles. The van der Waals surface area contributed by atoms with Crippen LogP contribution in [0.2, 0.25) is 0 Å². The van der Waals surface area contributed by atoms with Gasteiger partial charge in [-0.25, -0.2) is 4.39 Å². The van der Waals surface area contributed by atoms with Crippen molar-refractivity contribution < 1.29 is 4.39 Å². The van der Waals surface area contributed by atoms with Crippen LogP contribution >= 0.6 is 27.7 Å². The molecule has 1 aliphatic heterocycles. The van der Waals surface area contributed by atoms with Gasteiger partial charge in [-0.3, -0.25) is 0 Å². The first-order chi connectivity index (χ1) is 7.53. The topological polar surface area (TPSA) is 26.0 Å². The van der Waals surface area contributed by atoms with Gasteiger partial charge in [0.2, 0.25) is 0 Å². The SMILES string of the molecule is CC1(C(N)c2cc(Br)ccc2F)CCCS1. The normalized spacial score (nSPS) is 27.0. The van der Waals surface area contributed by atoms with Gasteiger partial charge in [0.15, 0.2) is 0 Å². The van der Waals surface area contributed by atoms with Gasteiger partial charge in [-0.05, 0) is 43.7 Å². The molecule has 0 aliphatic carbocycles. The van der Waals surface area contributed by atoms with Gasteiger partial charge in [-0.2, -0.15) is 11.8 Å². The highest BCUT2D eigenvalue weighted by Crippen LogP contribution is 2.46. The molecule has 0 radical (unpaired) electrons. The highest BCUT2D eigenvalue weighted by molar-refractivity contribution is 9.10. The summed E-state index contributed by atoms with van der Waals surface area (Å²) in [6, 6.07) is 4.74. The van der Waals surface area contributed by atoms with Gasteiger partial charge >= 0.3 is 0 Å². The molecule has 0 bridgehead atoms. The van der Waals surface area contributed by atoms with Gasteiger partial charge in [0.05, 0.1) is 0 Å². The highest BCUT2D eigenvalue weighted by Gasteiger charge is 2.37. The second-order valence-electron chi connectivity index (χ2n) is 4.41. The number of halogens is 2. The molecule has 1 aromatic carbocycles. The van der Waals surface area contributed by atoms with Crippen molar-refractivity contribution in [1.82, 2.24) is 0 Å². The van der Waals surface area contributed by atoms with Gasteiger partial charge in [0.25, 0.3) is 0 Å². The first-order valence-corrected chi connectivity index (χ1v) is 7.15. The van der Waals surface area contributed by atoms with E-state index in [1.165, 1.54) is 12.5 Å². The molecule has 0 spiro atoms. The fourth-order valence-corrected chi connectivity index (χ4v) is 3.86. The van der Waals surface area contributed by atoms with Crippen LogP contribution in [0.15, 0.2) is 22.7 Å². The summed E-state index contributed by atoms with van der Waals surface area (Å²) >= 11 is 5.22. The van der Waals surface area contributed by atoms with E-state index in [0.717, 1.165) is 16.6 Å². The highest BCUT2D eigenvalue weighted by atomic mass is 79.9. The Morgan fingerprint density at radius 3 is 2.94 bits per heavy atom. The first-order valence-electron chi connectivity index (χ1n) is 5.37. The van der Waals surface area contributed by atoms with Crippen molar-refractivity contribution in [3.63, 3.8) is 0 Å². The van der Waals surface area contributed by atoms with E-state index in [9.17, 15) is 4.39 Å². The molecule has 1 aromatic rings. The predicted octanol–water partition coefficient (Wildman–Crippen LogP) is 3.87. The lowest BCUT2D eigenvalue weighted by Gasteiger charge is -2.30. The summed E-state index contributed by atoms with van der Waals surface area (Å²) in [7, 11) is 0. The molecule has 2 N–H and O–H groups in total. The van der Waals surface area contributed by atoms with Crippen LogP contribution in [0.25, 0.3) is 0 Å². The van der Waals surface area contributed by atoms with E-state index in [1.807, 2.05) is 11.8 Å². The number of nitrogens with two attached hydrogens (primary N) is 1. The maximum atomic E-state index is 13.7. The van der Waals surface area contributed by atoms with Gasteiger partial charge in [-0.1, -0.05) is 15.9 Å². The van der Waals surface area contributed by atoms with Crippen molar-refractivity contribution in [2.75, 3.05) is 5.75 Å². The fourth-order valence-electron chi connectivity index (χ4n) is 2.13. The zero-order chi connectivity index (χ0) is 11.8. The third-order valence-corrected chi connectivity index (χ3v) is 5.30. The average Bonchev–Trinajstić information content (AvgIpc) is 2.69. The Morgan fingerprint density at radius 1 is 1.56 bits per heavy atom. The lowest BCUT2D eigenvalue weighted by molar-refractivity contribution is 0.478. The monoisotopic (exact) mass is 303 g/mol. The number of rotatable bonds is 2. The number of benzene rings is 1. The van der Waals surface area contributed by atoms with Crippen LogP contribution in [0.1, 0.15) is 31.4 Å². The predicted molar refractivity (Wildman–Crippen MR) is 71.1 cm³/mol. The molecule has 16 heavy (non-hydrogen) atoms. The summed E-state index contributed by atoms with van der Waals surface area (Å²) in [6.07, 6.45) is 2.23. The molecule has 2 rings (SSSR count). The lowest BCUT2D eigenvalue weighted by Crippen LogP contribution is -2.33. The average molecular weight is 304 g/mol. The van der Waals surface area contributed by atoms with Gasteiger partial charge in [0, 0.05) is 20.8 Å². The van der Waals surface area contributed by atoms with E-state index in [2.05, 4.69) is 22.9 Å². The fraction of sp³-hybridized carbons (Fsp3) is 0.500. The van der Waals surface area contributed by atoms with Crippen LogP contribution in [0.3, 0.4) is 0 Å². The standard InChI is InChI=1S/C12H15BrFNS/c1-12(5-2-6-16-12)11(15)9-7-8(13)3-4-10(9)14/h3-4,7,11H,2,5-6,15H2,1H3. The minimum absolute atomic E-state index is 0.0262. The smallest absolute Gasteiger partial charge is 0.128 e. The molecule has 1 saturated heterocycles. The van der Waals surface area contributed by atoms with E-state index in [-0.39, 0.29) is 16.6 Å². The van der Waals surface area contributed by atoms with E-state index < -0.39 is 0 Å². The van der Waals surface area contributed by atoms with Crippen LogP contribution in [0, 0.1) is 5.82 Å². The van der Waals surface area contributed by atoms with Crippen molar-refractivity contribution in [3.8, 4) is 0 Å². The van der Waals surface area contributed by atoms with Gasteiger partial charge < -0.3 is 5.73 Å². The zero-order valence-corrected chi connectivity index (χ0v) is 11.6. The van der Waals surface area contributed by atoms with Crippen LogP contribution in [0.4, 0.5) is 4.39 Å². The van der Waals surface area contributed by atoms with Crippen LogP contribution < -0.4 is 5.73 Å². The summed E-state index contributed by atoms with van der Waals surface area (Å²) < 4.78 is 14.6. The Balaban J connectivity index is 2.32. The molecule has 2 unspecified atom stereocenters. The van der Waals surface area contributed by atoms with Crippen molar-refractivity contribution in [1.29, 1.82) is 0 Å². The van der Waals surface area contributed by atoms with Crippen molar-refractivity contribution in [3.05, 3.63) is 34.1 Å². The van der Waals surface area contributed by atoms with Gasteiger partial charge in [0.1, 0.15) is 5.82 Å². The Bertz CT molecular complexity index is 391. The largest absolute Gasteiger partial charge is 0.323 e. The molecule has 1 nitrogen and oxygen atoms in total. The molecule has 1 heterocycles. The summed E-state index contributed by atoms with van der Waals surface area (Å²) in [5.74, 6) is 0.921. The van der Waals surface area contributed by atoms with Crippen LogP contribution in [0.5, 0.6) is 0 Å². The Kier molecular flexibility index (Phi) is 3.62. The molecule has 0 amide bonds. The minimum Gasteiger partial charge on any atom is -0.323 e. The zero-order valence-electron chi connectivity index (χ0n) is 9.17. The molecule has 88 valence electrons. The molecular weight excluding hydrogens is 289 g/mol. The summed E-state index contributed by atoms with van der Waals surface area (Å²) in [5.41, 5.74) is 6.84. The second kappa shape index (κ2) is 4.67. The lowest BCUT2D eigenvalue weighted by atomic mass is 9.91. The summed E-state index contributed by atoms with van der Waals surface area (Å²) in [4.78, 5) is 0. The maximum absolute atomic E-state index is 13.7. The number of hydrogen-bond donors (Lipinski definition) is 1. The second-order valence-corrected chi connectivity index (χ2v) is 6.95. The Morgan fingerprint density at radius 2 is 2.31 bits per heavy atom. The van der Waals surface area contributed by atoms with Gasteiger partial charge in [-0.15, -0.1) is 0 Å². The molecule has 4 heteroatoms. The summed E-state index contributed by atoms with van der Waals surface area (Å²) in [6.45, 7) is 2.13. The van der Waals surface area contributed by atoms with E-state index >= 15 is 0 Å². The Hall–Kier alpha value is -0.0600. The molecule has 2 atom stereocenters. The van der Waals surface area contributed by atoms with Crippen molar-refractivity contribution in [2.24, 2.45) is 5.73 Å². The van der Waals surface area contributed by atoms with Crippen molar-refractivity contribution in [2.45, 2.75) is 30.6 Å². The van der Waals surface area contributed by atoms with Crippen LogP contribution in [-0.4, -0.2) is 10.5 Å². The molecule has 0 saturated carbocycles. The Labute approximate surface area is 108 Å². The minimum atomic E-state index is -0.238. The third kappa shape index (κ3) is 2.29. The van der Waals surface area contributed by atoms with E-state index in [1.54, 1.807) is 12.1 Å². The summed E-state index contributed by atoms with van der Waals surface area (Å²) in [5, 5.41) is 0. The molecule has 1 fully saturated rings. The maximum Gasteiger partial charge on any atom is 0.128 e. The van der Waals surface area contributed by atoms with Crippen molar-refractivity contribution >= 4 is 27.7 Å². The molecule has 1 aliphatic rings. The van der Waals surface area contributed by atoms with E-state index in [4.69, 9.17) is 5.73 Å². The number of thioether (sulfide) groups is 1. The quantitative estimate of drug-likeness (QED) is 0.897.